The number of ether oxygens (including phenoxy) is 1. The Labute approximate surface area is 133 Å². The average Bonchev–Trinajstić information content (AvgIpc) is 2.94. The van der Waals surface area contributed by atoms with E-state index in [2.05, 4.69) is 33.2 Å². The van der Waals surface area contributed by atoms with Crippen molar-refractivity contribution in [2.75, 3.05) is 11.9 Å². The van der Waals surface area contributed by atoms with Gasteiger partial charge < -0.3 is 10.1 Å². The van der Waals surface area contributed by atoms with Gasteiger partial charge in [-0.1, -0.05) is 24.4 Å². The van der Waals surface area contributed by atoms with Crippen molar-refractivity contribution in [1.82, 2.24) is 4.98 Å². The lowest BCUT2D eigenvalue weighted by Crippen LogP contribution is -2.60. The van der Waals surface area contributed by atoms with Gasteiger partial charge >= 0.3 is 0 Å². The molecule has 2 unspecified atom stereocenters. The van der Waals surface area contributed by atoms with E-state index in [1.807, 2.05) is 6.07 Å². The van der Waals surface area contributed by atoms with Gasteiger partial charge in [-0.05, 0) is 48.2 Å². The molecule has 2 aliphatic carbocycles. The highest BCUT2D eigenvalue weighted by molar-refractivity contribution is 9.10. The van der Waals surface area contributed by atoms with Gasteiger partial charge in [0.05, 0.1) is 11.8 Å². The van der Waals surface area contributed by atoms with Crippen molar-refractivity contribution in [1.29, 1.82) is 0 Å². The highest BCUT2D eigenvalue weighted by Crippen LogP contribution is 2.55. The summed E-state index contributed by atoms with van der Waals surface area (Å²) < 4.78 is 6.89. The van der Waals surface area contributed by atoms with Gasteiger partial charge in [0.2, 0.25) is 0 Å². The molecule has 3 rings (SSSR count). The van der Waals surface area contributed by atoms with Crippen LogP contribution in [0.15, 0.2) is 16.7 Å². The van der Waals surface area contributed by atoms with Crippen LogP contribution in [0.1, 0.15) is 39.0 Å². The predicted molar refractivity (Wildman–Crippen MR) is 85.3 cm³/mol. The van der Waals surface area contributed by atoms with Crippen molar-refractivity contribution in [2.24, 2.45) is 5.41 Å². The molecule has 1 N–H and O–H groups in total. The molecule has 1 aromatic rings. The van der Waals surface area contributed by atoms with E-state index in [9.17, 15) is 0 Å². The van der Waals surface area contributed by atoms with E-state index in [0.29, 0.717) is 22.7 Å². The summed E-state index contributed by atoms with van der Waals surface area (Å²) in [5.41, 5.74) is 1.23. The summed E-state index contributed by atoms with van der Waals surface area (Å²) in [4.78, 5) is 4.19. The average molecular weight is 360 g/mol. The second-order valence-electron chi connectivity index (χ2n) is 5.81. The third-order valence-electron chi connectivity index (χ3n) is 4.82. The maximum atomic E-state index is 6.19. The van der Waals surface area contributed by atoms with E-state index in [0.717, 1.165) is 23.2 Å². The molecule has 0 radical (unpaired) electrons. The highest BCUT2D eigenvalue weighted by Gasteiger charge is 2.56. The fourth-order valence-corrected chi connectivity index (χ4v) is 4.29. The Kier molecular flexibility index (Phi) is 4.25. The number of anilines is 1. The minimum atomic E-state index is 0.307. The van der Waals surface area contributed by atoms with Crippen LogP contribution in [0.5, 0.6) is 0 Å². The third-order valence-corrected chi connectivity index (χ3v) is 5.56. The Morgan fingerprint density at radius 3 is 2.95 bits per heavy atom. The topological polar surface area (TPSA) is 34.1 Å². The van der Waals surface area contributed by atoms with E-state index >= 15 is 0 Å². The van der Waals surface area contributed by atoms with Gasteiger partial charge in [0.15, 0.2) is 5.15 Å². The molecule has 2 fully saturated rings. The van der Waals surface area contributed by atoms with Crippen molar-refractivity contribution in [3.05, 3.63) is 21.9 Å². The second kappa shape index (κ2) is 5.82. The number of hydrogen-bond donors (Lipinski definition) is 1. The molecule has 2 saturated carbocycles. The van der Waals surface area contributed by atoms with Crippen molar-refractivity contribution in [3.8, 4) is 0 Å². The van der Waals surface area contributed by atoms with Gasteiger partial charge in [0.1, 0.15) is 0 Å². The molecule has 2 atom stereocenters. The minimum Gasteiger partial charge on any atom is -0.379 e. The predicted octanol–water partition coefficient (Wildman–Crippen LogP) is 4.65. The maximum absolute atomic E-state index is 6.19. The summed E-state index contributed by atoms with van der Waals surface area (Å²) in [5, 5.41) is 4.15. The molecule has 1 spiro atoms. The van der Waals surface area contributed by atoms with Crippen LogP contribution in [0.25, 0.3) is 0 Å². The first-order chi connectivity index (χ1) is 9.65. The van der Waals surface area contributed by atoms with E-state index in [-0.39, 0.29) is 0 Å². The van der Waals surface area contributed by atoms with Gasteiger partial charge in [-0.2, -0.15) is 0 Å². The van der Waals surface area contributed by atoms with Crippen LogP contribution in [0, 0.1) is 5.41 Å². The van der Waals surface area contributed by atoms with Gasteiger partial charge in [-0.15, -0.1) is 0 Å². The number of nitrogens with one attached hydrogen (secondary N) is 1. The Morgan fingerprint density at radius 2 is 2.25 bits per heavy atom. The number of hydrogen-bond acceptors (Lipinski definition) is 3. The zero-order chi connectivity index (χ0) is 14.2. The second-order valence-corrected chi connectivity index (χ2v) is 7.08. The Balaban J connectivity index is 1.76. The monoisotopic (exact) mass is 358 g/mol. The number of rotatable bonds is 4. The molecule has 1 heterocycles. The van der Waals surface area contributed by atoms with Crippen LogP contribution < -0.4 is 5.32 Å². The van der Waals surface area contributed by atoms with Crippen molar-refractivity contribution in [2.45, 2.75) is 51.2 Å². The van der Waals surface area contributed by atoms with Crippen LogP contribution in [-0.4, -0.2) is 23.7 Å². The summed E-state index contributed by atoms with van der Waals surface area (Å²) >= 11 is 9.64. The summed E-state index contributed by atoms with van der Waals surface area (Å²) in [6, 6.07) is 2.46. The molecule has 110 valence electrons. The van der Waals surface area contributed by atoms with Gasteiger partial charge in [0.25, 0.3) is 0 Å². The Morgan fingerprint density at radius 1 is 1.50 bits per heavy atom. The summed E-state index contributed by atoms with van der Waals surface area (Å²) in [5.74, 6) is 0. The summed E-state index contributed by atoms with van der Waals surface area (Å²) in [6.07, 6.45) is 8.34. The van der Waals surface area contributed by atoms with E-state index in [1.165, 1.54) is 25.7 Å². The molecular formula is C15H20BrClN2O. The summed E-state index contributed by atoms with van der Waals surface area (Å²) in [6.45, 7) is 2.89. The lowest BCUT2D eigenvalue weighted by Gasteiger charge is -2.54. The first-order valence-corrected chi connectivity index (χ1v) is 8.52. The van der Waals surface area contributed by atoms with Crippen molar-refractivity contribution >= 4 is 33.2 Å². The molecule has 3 nitrogen and oxygen atoms in total. The van der Waals surface area contributed by atoms with E-state index in [4.69, 9.17) is 16.3 Å². The van der Waals surface area contributed by atoms with Crippen molar-refractivity contribution < 1.29 is 4.74 Å². The lowest BCUT2D eigenvalue weighted by molar-refractivity contribution is -0.114. The number of pyridine rings is 1. The highest BCUT2D eigenvalue weighted by atomic mass is 79.9. The third kappa shape index (κ3) is 2.46. The maximum Gasteiger partial charge on any atom is 0.152 e. The zero-order valence-corrected chi connectivity index (χ0v) is 14.0. The standard InChI is InChI=1S/C15H20BrClN2O/c1-2-20-13-8-12(15(13)5-3-4-6-15)19-11-7-10(16)9-18-14(11)17/h7,9,12-13,19H,2-6,8H2,1H3. The largest absolute Gasteiger partial charge is 0.379 e. The quantitative estimate of drug-likeness (QED) is 0.795. The number of halogens is 2. The fourth-order valence-electron chi connectivity index (χ4n) is 3.80. The van der Waals surface area contributed by atoms with Crippen LogP contribution >= 0.6 is 27.5 Å². The molecule has 0 bridgehead atoms. The van der Waals surface area contributed by atoms with Gasteiger partial charge in [-0.3, -0.25) is 0 Å². The summed E-state index contributed by atoms with van der Waals surface area (Å²) in [7, 11) is 0. The van der Waals surface area contributed by atoms with Crippen LogP contribution in [0.4, 0.5) is 5.69 Å². The lowest BCUT2D eigenvalue weighted by atomic mass is 9.60. The van der Waals surface area contributed by atoms with Crippen LogP contribution in [0.2, 0.25) is 5.15 Å². The minimum absolute atomic E-state index is 0.307. The molecule has 1 aromatic heterocycles. The van der Waals surface area contributed by atoms with Gasteiger partial charge in [-0.25, -0.2) is 4.98 Å². The molecule has 2 aliphatic rings. The molecule has 5 heteroatoms. The first-order valence-electron chi connectivity index (χ1n) is 7.35. The number of nitrogens with zero attached hydrogens (tertiary/aromatic N) is 1. The fraction of sp³-hybridized carbons (Fsp3) is 0.667. The Bertz CT molecular complexity index is 491. The molecule has 0 saturated heterocycles. The molecule has 0 aliphatic heterocycles. The van der Waals surface area contributed by atoms with E-state index < -0.39 is 0 Å². The number of aromatic nitrogens is 1. The zero-order valence-electron chi connectivity index (χ0n) is 11.7. The Hall–Kier alpha value is -0.320. The first kappa shape index (κ1) is 14.6. The molecule has 0 amide bonds. The van der Waals surface area contributed by atoms with Gasteiger partial charge in [0, 0.05) is 28.7 Å². The molecule has 0 aromatic carbocycles. The van der Waals surface area contributed by atoms with Crippen LogP contribution in [0.3, 0.4) is 0 Å². The van der Waals surface area contributed by atoms with Crippen molar-refractivity contribution in [3.63, 3.8) is 0 Å². The van der Waals surface area contributed by atoms with Crippen LogP contribution in [-0.2, 0) is 4.74 Å². The molecular weight excluding hydrogens is 340 g/mol. The SMILES string of the molecule is CCOC1CC(Nc2cc(Br)cnc2Cl)C12CCCC2. The molecule has 20 heavy (non-hydrogen) atoms. The van der Waals surface area contributed by atoms with E-state index in [1.54, 1.807) is 6.20 Å². The smallest absolute Gasteiger partial charge is 0.152 e. The normalized spacial score (nSPS) is 27.6.